The number of benzene rings is 1. The Labute approximate surface area is 162 Å². The van der Waals surface area contributed by atoms with Crippen molar-refractivity contribution in [1.82, 2.24) is 14.8 Å². The maximum atomic E-state index is 13.5. The van der Waals surface area contributed by atoms with Crippen molar-refractivity contribution in [3.63, 3.8) is 0 Å². The SMILES string of the molecule is CCN1CC2(CCCN(C(=O)c3cc(=O)[nH]c4cc(F)ccc34)C2)CCC1=O. The molecule has 1 atom stereocenters. The van der Waals surface area contributed by atoms with Crippen LogP contribution in [0.3, 0.4) is 0 Å². The summed E-state index contributed by atoms with van der Waals surface area (Å²) in [6, 6.07) is 5.36. The number of pyridine rings is 1. The van der Waals surface area contributed by atoms with E-state index in [1.807, 2.05) is 11.8 Å². The number of hydrogen-bond donors (Lipinski definition) is 1. The van der Waals surface area contributed by atoms with E-state index in [0.29, 0.717) is 49.1 Å². The van der Waals surface area contributed by atoms with Crippen LogP contribution in [0.4, 0.5) is 4.39 Å². The van der Waals surface area contributed by atoms with Crippen LogP contribution in [-0.2, 0) is 4.79 Å². The van der Waals surface area contributed by atoms with Gasteiger partial charge in [0.25, 0.3) is 5.91 Å². The molecule has 2 aromatic rings. The highest BCUT2D eigenvalue weighted by atomic mass is 19.1. The average Bonchev–Trinajstić information content (AvgIpc) is 2.68. The highest BCUT2D eigenvalue weighted by Gasteiger charge is 2.42. The fraction of sp³-hybridized carbons (Fsp3) is 0.476. The van der Waals surface area contributed by atoms with Gasteiger partial charge in [-0.05, 0) is 44.4 Å². The molecule has 2 fully saturated rings. The molecule has 1 spiro atoms. The Balaban J connectivity index is 1.65. The summed E-state index contributed by atoms with van der Waals surface area (Å²) in [6.07, 6.45) is 3.16. The van der Waals surface area contributed by atoms with Crippen LogP contribution in [0.1, 0.15) is 43.0 Å². The molecule has 0 bridgehead atoms. The summed E-state index contributed by atoms with van der Waals surface area (Å²) >= 11 is 0. The maximum absolute atomic E-state index is 13.5. The van der Waals surface area contributed by atoms with E-state index in [4.69, 9.17) is 0 Å². The van der Waals surface area contributed by atoms with Gasteiger partial charge in [-0.25, -0.2) is 4.39 Å². The van der Waals surface area contributed by atoms with Gasteiger partial charge in [-0.2, -0.15) is 0 Å². The van der Waals surface area contributed by atoms with Crippen LogP contribution in [0.25, 0.3) is 10.9 Å². The molecule has 28 heavy (non-hydrogen) atoms. The van der Waals surface area contributed by atoms with Crippen LogP contribution < -0.4 is 5.56 Å². The minimum absolute atomic E-state index is 0.0824. The number of carbonyl (C=O) groups excluding carboxylic acids is 2. The number of amides is 2. The molecule has 6 nitrogen and oxygen atoms in total. The van der Waals surface area contributed by atoms with Crippen LogP contribution in [0.2, 0.25) is 0 Å². The summed E-state index contributed by atoms with van der Waals surface area (Å²) in [6.45, 7) is 4.53. The third-order valence-corrected chi connectivity index (χ3v) is 6.11. The van der Waals surface area contributed by atoms with Gasteiger partial charge in [-0.3, -0.25) is 14.4 Å². The van der Waals surface area contributed by atoms with Gasteiger partial charge in [0.1, 0.15) is 5.82 Å². The number of nitrogens with zero attached hydrogens (tertiary/aromatic N) is 2. The smallest absolute Gasteiger partial charge is 0.254 e. The summed E-state index contributed by atoms with van der Waals surface area (Å²) in [5, 5.41) is 0.541. The lowest BCUT2D eigenvalue weighted by atomic mass is 9.73. The van der Waals surface area contributed by atoms with Crippen molar-refractivity contribution in [3.05, 3.63) is 46.0 Å². The lowest BCUT2D eigenvalue weighted by Gasteiger charge is -2.48. The van der Waals surface area contributed by atoms with E-state index in [1.54, 1.807) is 4.90 Å². The maximum Gasteiger partial charge on any atom is 0.254 e. The fourth-order valence-electron chi connectivity index (χ4n) is 4.68. The molecule has 2 amide bonds. The van der Waals surface area contributed by atoms with Crippen molar-refractivity contribution >= 4 is 22.7 Å². The highest BCUT2D eigenvalue weighted by Crippen LogP contribution is 2.39. The zero-order valence-corrected chi connectivity index (χ0v) is 16.0. The van der Waals surface area contributed by atoms with E-state index in [1.165, 1.54) is 24.3 Å². The lowest BCUT2D eigenvalue weighted by Crippen LogP contribution is -2.55. The number of aromatic amines is 1. The molecule has 7 heteroatoms. The second-order valence-electron chi connectivity index (χ2n) is 7.98. The normalized spacial score (nSPS) is 22.9. The van der Waals surface area contributed by atoms with Gasteiger partial charge >= 0.3 is 0 Å². The number of likely N-dealkylation sites (tertiary alicyclic amines) is 2. The van der Waals surface area contributed by atoms with E-state index in [-0.39, 0.29) is 17.2 Å². The monoisotopic (exact) mass is 385 g/mol. The topological polar surface area (TPSA) is 73.5 Å². The van der Waals surface area contributed by atoms with E-state index < -0.39 is 11.4 Å². The van der Waals surface area contributed by atoms with E-state index in [0.717, 1.165) is 19.3 Å². The first-order valence-electron chi connectivity index (χ1n) is 9.80. The van der Waals surface area contributed by atoms with Crippen LogP contribution in [0.15, 0.2) is 29.1 Å². The third kappa shape index (κ3) is 3.30. The summed E-state index contributed by atoms with van der Waals surface area (Å²) in [5.41, 5.74) is 0.118. The molecule has 0 saturated carbocycles. The van der Waals surface area contributed by atoms with Crippen molar-refractivity contribution in [3.8, 4) is 0 Å². The number of piperidine rings is 2. The quantitative estimate of drug-likeness (QED) is 0.863. The summed E-state index contributed by atoms with van der Waals surface area (Å²) in [7, 11) is 0. The van der Waals surface area contributed by atoms with E-state index in [2.05, 4.69) is 4.98 Å². The Morgan fingerprint density at radius 2 is 2.04 bits per heavy atom. The minimum Gasteiger partial charge on any atom is -0.342 e. The highest BCUT2D eigenvalue weighted by molar-refractivity contribution is 6.06. The Kier molecular flexibility index (Phi) is 4.69. The van der Waals surface area contributed by atoms with Gasteiger partial charge in [0.15, 0.2) is 0 Å². The molecule has 0 aliphatic carbocycles. The molecule has 1 aromatic heterocycles. The molecule has 2 saturated heterocycles. The number of fused-ring (bicyclic) bond motifs is 1. The average molecular weight is 385 g/mol. The number of H-pyrrole nitrogens is 1. The van der Waals surface area contributed by atoms with Gasteiger partial charge in [0, 0.05) is 49.5 Å². The van der Waals surface area contributed by atoms with Crippen molar-refractivity contribution in [2.75, 3.05) is 26.2 Å². The first-order chi connectivity index (χ1) is 13.4. The van der Waals surface area contributed by atoms with Gasteiger partial charge in [0.05, 0.1) is 11.1 Å². The summed E-state index contributed by atoms with van der Waals surface area (Å²) < 4.78 is 13.5. The largest absolute Gasteiger partial charge is 0.342 e. The van der Waals surface area contributed by atoms with Crippen LogP contribution in [-0.4, -0.2) is 52.8 Å². The van der Waals surface area contributed by atoms with Gasteiger partial charge < -0.3 is 14.8 Å². The molecular formula is C21H24FN3O3. The lowest BCUT2D eigenvalue weighted by molar-refractivity contribution is -0.138. The first-order valence-corrected chi connectivity index (χ1v) is 9.80. The first kappa shape index (κ1) is 18.7. The number of rotatable bonds is 2. The number of hydrogen-bond acceptors (Lipinski definition) is 3. The molecule has 4 rings (SSSR count). The molecular weight excluding hydrogens is 361 g/mol. The van der Waals surface area contributed by atoms with Crippen molar-refractivity contribution in [1.29, 1.82) is 0 Å². The summed E-state index contributed by atoms with van der Waals surface area (Å²) in [4.78, 5) is 43.7. The standard InChI is InChI=1S/C21H24FN3O3/c1-2-24-12-21(8-6-19(24)27)7-3-9-25(13-21)20(28)16-11-18(26)23-17-10-14(22)4-5-15(16)17/h4-5,10-11H,2-3,6-9,12-13H2,1H3,(H,23,26). The summed E-state index contributed by atoms with van der Waals surface area (Å²) in [5.74, 6) is -0.489. The number of nitrogens with one attached hydrogen (secondary N) is 1. The van der Waals surface area contributed by atoms with E-state index in [9.17, 15) is 18.8 Å². The van der Waals surface area contributed by atoms with Crippen LogP contribution >= 0.6 is 0 Å². The zero-order valence-electron chi connectivity index (χ0n) is 16.0. The second kappa shape index (κ2) is 7.04. The Bertz CT molecular complexity index is 1000. The molecule has 1 unspecified atom stereocenters. The molecule has 0 radical (unpaired) electrons. The van der Waals surface area contributed by atoms with Crippen molar-refractivity contribution < 1.29 is 14.0 Å². The van der Waals surface area contributed by atoms with Crippen LogP contribution in [0, 0.1) is 11.2 Å². The molecule has 1 N–H and O–H groups in total. The fourth-order valence-corrected chi connectivity index (χ4v) is 4.68. The Morgan fingerprint density at radius 3 is 2.82 bits per heavy atom. The number of aromatic nitrogens is 1. The predicted molar refractivity (Wildman–Crippen MR) is 104 cm³/mol. The second-order valence-corrected chi connectivity index (χ2v) is 7.98. The Morgan fingerprint density at radius 1 is 1.21 bits per heavy atom. The van der Waals surface area contributed by atoms with Crippen molar-refractivity contribution in [2.24, 2.45) is 5.41 Å². The third-order valence-electron chi connectivity index (χ3n) is 6.11. The van der Waals surface area contributed by atoms with Gasteiger partial charge in [-0.15, -0.1) is 0 Å². The molecule has 148 valence electrons. The Hall–Kier alpha value is -2.70. The van der Waals surface area contributed by atoms with Gasteiger partial charge in [0.2, 0.25) is 11.5 Å². The van der Waals surface area contributed by atoms with Crippen LogP contribution in [0.5, 0.6) is 0 Å². The molecule has 2 aliphatic heterocycles. The predicted octanol–water partition coefficient (Wildman–Crippen LogP) is 2.53. The number of halogens is 1. The molecule has 3 heterocycles. The van der Waals surface area contributed by atoms with Crippen molar-refractivity contribution in [2.45, 2.75) is 32.6 Å². The van der Waals surface area contributed by atoms with Gasteiger partial charge in [-0.1, -0.05) is 0 Å². The zero-order chi connectivity index (χ0) is 19.9. The molecule has 1 aromatic carbocycles. The minimum atomic E-state index is -0.462. The number of carbonyl (C=O) groups is 2. The molecule has 2 aliphatic rings. The van der Waals surface area contributed by atoms with E-state index >= 15 is 0 Å².